The van der Waals surface area contributed by atoms with Gasteiger partial charge >= 0.3 is 0 Å². The molecule has 0 saturated heterocycles. The van der Waals surface area contributed by atoms with Crippen molar-refractivity contribution in [2.45, 2.75) is 26.3 Å². The minimum absolute atomic E-state index is 0.627. The SMILES string of the molecule is Cc1ccc(NC2CC2C)nn1. The van der Waals surface area contributed by atoms with E-state index in [-0.39, 0.29) is 0 Å². The van der Waals surface area contributed by atoms with Gasteiger partial charge in [-0.25, -0.2) is 0 Å². The maximum atomic E-state index is 4.03. The van der Waals surface area contributed by atoms with Gasteiger partial charge in [-0.2, -0.15) is 5.10 Å². The molecule has 2 rings (SSSR count). The monoisotopic (exact) mass is 163 g/mol. The molecule has 3 nitrogen and oxygen atoms in total. The molecule has 1 N–H and O–H groups in total. The van der Waals surface area contributed by atoms with Gasteiger partial charge in [-0.05, 0) is 31.4 Å². The van der Waals surface area contributed by atoms with Gasteiger partial charge < -0.3 is 5.32 Å². The average molecular weight is 163 g/mol. The quantitative estimate of drug-likeness (QED) is 0.719. The van der Waals surface area contributed by atoms with Gasteiger partial charge in [0.2, 0.25) is 0 Å². The van der Waals surface area contributed by atoms with Crippen LogP contribution in [0, 0.1) is 12.8 Å². The first-order valence-electron chi connectivity index (χ1n) is 4.32. The standard InChI is InChI=1S/C9H13N3/c1-6-5-8(6)10-9-4-3-7(2)11-12-9/h3-4,6,8H,5H2,1-2H3,(H,10,12). The zero-order chi connectivity index (χ0) is 8.55. The second-order valence-electron chi connectivity index (χ2n) is 3.52. The molecule has 3 heteroatoms. The summed E-state index contributed by atoms with van der Waals surface area (Å²) < 4.78 is 0. The Morgan fingerprint density at radius 1 is 1.42 bits per heavy atom. The van der Waals surface area contributed by atoms with Crippen LogP contribution in [0.4, 0.5) is 5.82 Å². The van der Waals surface area contributed by atoms with Gasteiger partial charge in [-0.3, -0.25) is 0 Å². The van der Waals surface area contributed by atoms with Crippen molar-refractivity contribution >= 4 is 5.82 Å². The first kappa shape index (κ1) is 7.53. The molecule has 0 radical (unpaired) electrons. The van der Waals surface area contributed by atoms with E-state index in [2.05, 4.69) is 22.4 Å². The van der Waals surface area contributed by atoms with Crippen LogP contribution in [0.25, 0.3) is 0 Å². The fraction of sp³-hybridized carbons (Fsp3) is 0.556. The van der Waals surface area contributed by atoms with Gasteiger partial charge in [-0.1, -0.05) is 6.92 Å². The zero-order valence-corrected chi connectivity index (χ0v) is 7.41. The first-order chi connectivity index (χ1) is 5.75. The third-order valence-corrected chi connectivity index (χ3v) is 2.24. The maximum Gasteiger partial charge on any atom is 0.148 e. The highest BCUT2D eigenvalue weighted by atomic mass is 15.2. The fourth-order valence-corrected chi connectivity index (χ4v) is 1.19. The number of aryl methyl sites for hydroxylation is 1. The Hall–Kier alpha value is -1.12. The molecule has 0 aromatic carbocycles. The van der Waals surface area contributed by atoms with Crippen LogP contribution in [-0.2, 0) is 0 Å². The lowest BCUT2D eigenvalue weighted by atomic mass is 10.4. The number of aromatic nitrogens is 2. The number of hydrogen-bond donors (Lipinski definition) is 1. The van der Waals surface area contributed by atoms with Crippen molar-refractivity contribution in [3.05, 3.63) is 17.8 Å². The van der Waals surface area contributed by atoms with Crippen LogP contribution in [0.3, 0.4) is 0 Å². The molecule has 1 aromatic heterocycles. The van der Waals surface area contributed by atoms with E-state index in [1.807, 2.05) is 19.1 Å². The van der Waals surface area contributed by atoms with E-state index < -0.39 is 0 Å². The molecule has 1 saturated carbocycles. The molecule has 2 unspecified atom stereocenters. The van der Waals surface area contributed by atoms with Gasteiger partial charge in [0.05, 0.1) is 5.69 Å². The van der Waals surface area contributed by atoms with E-state index in [0.717, 1.165) is 17.4 Å². The summed E-state index contributed by atoms with van der Waals surface area (Å²) in [6.07, 6.45) is 1.26. The predicted octanol–water partition coefficient (Wildman–Crippen LogP) is 1.61. The van der Waals surface area contributed by atoms with Gasteiger partial charge in [0.25, 0.3) is 0 Å². The summed E-state index contributed by atoms with van der Waals surface area (Å²) in [4.78, 5) is 0. The lowest BCUT2D eigenvalue weighted by Gasteiger charge is -2.01. The van der Waals surface area contributed by atoms with E-state index in [0.29, 0.717) is 6.04 Å². The highest BCUT2D eigenvalue weighted by Crippen LogP contribution is 2.31. The summed E-state index contributed by atoms with van der Waals surface area (Å²) >= 11 is 0. The van der Waals surface area contributed by atoms with Crippen molar-refractivity contribution in [3.63, 3.8) is 0 Å². The normalized spacial score (nSPS) is 26.8. The van der Waals surface area contributed by atoms with Gasteiger partial charge in [-0.15, -0.1) is 5.10 Å². The molecule has 0 spiro atoms. The van der Waals surface area contributed by atoms with E-state index in [1.165, 1.54) is 6.42 Å². The molecule has 64 valence electrons. The minimum Gasteiger partial charge on any atom is -0.366 e. The summed E-state index contributed by atoms with van der Waals surface area (Å²) in [5.41, 5.74) is 0.962. The van der Waals surface area contributed by atoms with Crippen molar-refractivity contribution < 1.29 is 0 Å². The molecule has 0 bridgehead atoms. The van der Waals surface area contributed by atoms with Crippen LogP contribution < -0.4 is 5.32 Å². The maximum absolute atomic E-state index is 4.03. The Balaban J connectivity index is 2.00. The Labute approximate surface area is 72.2 Å². The number of hydrogen-bond acceptors (Lipinski definition) is 3. The van der Waals surface area contributed by atoms with Crippen LogP contribution in [0.1, 0.15) is 19.0 Å². The second kappa shape index (κ2) is 2.73. The van der Waals surface area contributed by atoms with Crippen LogP contribution in [0.15, 0.2) is 12.1 Å². The fourth-order valence-electron chi connectivity index (χ4n) is 1.19. The molecule has 0 aliphatic heterocycles. The van der Waals surface area contributed by atoms with Crippen LogP contribution in [0.5, 0.6) is 0 Å². The Bertz CT molecular complexity index is 268. The first-order valence-corrected chi connectivity index (χ1v) is 4.32. The lowest BCUT2D eigenvalue weighted by molar-refractivity contribution is 0.905. The molecule has 1 fully saturated rings. The zero-order valence-electron chi connectivity index (χ0n) is 7.41. The predicted molar refractivity (Wildman–Crippen MR) is 48.0 cm³/mol. The highest BCUT2D eigenvalue weighted by Gasteiger charge is 2.32. The molecule has 0 amide bonds. The number of rotatable bonds is 2. The molecule has 1 heterocycles. The third kappa shape index (κ3) is 1.55. The lowest BCUT2D eigenvalue weighted by Crippen LogP contribution is -2.05. The van der Waals surface area contributed by atoms with Crippen LogP contribution in [-0.4, -0.2) is 16.2 Å². The van der Waals surface area contributed by atoms with Gasteiger partial charge in [0, 0.05) is 6.04 Å². The van der Waals surface area contributed by atoms with Crippen molar-refractivity contribution in [1.29, 1.82) is 0 Å². The van der Waals surface area contributed by atoms with Crippen molar-refractivity contribution in [1.82, 2.24) is 10.2 Å². The van der Waals surface area contributed by atoms with Crippen molar-refractivity contribution in [2.75, 3.05) is 5.32 Å². The highest BCUT2D eigenvalue weighted by molar-refractivity contribution is 5.36. The second-order valence-corrected chi connectivity index (χ2v) is 3.52. The molecule has 1 aliphatic rings. The molecule has 2 atom stereocenters. The van der Waals surface area contributed by atoms with Crippen molar-refractivity contribution in [3.8, 4) is 0 Å². The third-order valence-electron chi connectivity index (χ3n) is 2.24. The average Bonchev–Trinajstić information content (AvgIpc) is 2.72. The van der Waals surface area contributed by atoms with Crippen LogP contribution >= 0.6 is 0 Å². The Morgan fingerprint density at radius 2 is 2.17 bits per heavy atom. The van der Waals surface area contributed by atoms with E-state index in [4.69, 9.17) is 0 Å². The molecule has 1 aromatic rings. The summed E-state index contributed by atoms with van der Waals surface area (Å²) in [6.45, 7) is 4.18. The Kier molecular flexibility index (Phi) is 1.71. The summed E-state index contributed by atoms with van der Waals surface area (Å²) in [5.74, 6) is 1.70. The number of nitrogens with one attached hydrogen (secondary N) is 1. The van der Waals surface area contributed by atoms with Gasteiger partial charge in [0.15, 0.2) is 0 Å². The van der Waals surface area contributed by atoms with E-state index >= 15 is 0 Å². The summed E-state index contributed by atoms with van der Waals surface area (Å²) in [7, 11) is 0. The molecule has 1 aliphatic carbocycles. The van der Waals surface area contributed by atoms with E-state index in [1.54, 1.807) is 0 Å². The molecule has 12 heavy (non-hydrogen) atoms. The van der Waals surface area contributed by atoms with Gasteiger partial charge in [0.1, 0.15) is 5.82 Å². The summed E-state index contributed by atoms with van der Waals surface area (Å²) in [5, 5.41) is 11.3. The topological polar surface area (TPSA) is 37.8 Å². The Morgan fingerprint density at radius 3 is 2.67 bits per heavy atom. The smallest absolute Gasteiger partial charge is 0.148 e. The van der Waals surface area contributed by atoms with Crippen LogP contribution in [0.2, 0.25) is 0 Å². The minimum atomic E-state index is 0.627. The van der Waals surface area contributed by atoms with Crippen molar-refractivity contribution in [2.24, 2.45) is 5.92 Å². The molecular weight excluding hydrogens is 150 g/mol. The number of nitrogens with zero attached hydrogens (tertiary/aromatic N) is 2. The van der Waals surface area contributed by atoms with E-state index in [9.17, 15) is 0 Å². The summed E-state index contributed by atoms with van der Waals surface area (Å²) in [6, 6.07) is 4.58. The number of anilines is 1. The largest absolute Gasteiger partial charge is 0.366 e. The molecular formula is C9H13N3.